The zero-order valence-electron chi connectivity index (χ0n) is 10.1. The van der Waals surface area contributed by atoms with Crippen molar-refractivity contribution in [3.05, 3.63) is 42.0 Å². The molecule has 86 valence electrons. The van der Waals surface area contributed by atoms with Crippen LogP contribution in [0, 0.1) is 5.92 Å². The summed E-state index contributed by atoms with van der Waals surface area (Å²) in [5, 5.41) is 0. The maximum absolute atomic E-state index is 2.43. The van der Waals surface area contributed by atoms with Gasteiger partial charge in [0.2, 0.25) is 0 Å². The highest BCUT2D eigenvalue weighted by Gasteiger charge is 2.07. The van der Waals surface area contributed by atoms with E-state index < -0.39 is 0 Å². The Kier molecular flexibility index (Phi) is 4.67. The van der Waals surface area contributed by atoms with Gasteiger partial charge in [0.15, 0.2) is 0 Å². The molecule has 0 aliphatic heterocycles. The summed E-state index contributed by atoms with van der Waals surface area (Å²) in [5.41, 5.74) is 1.34. The monoisotopic (exact) mass is 214 g/mol. The first kappa shape index (κ1) is 11.4. The molecule has 1 aliphatic rings. The Morgan fingerprint density at radius 2 is 1.44 bits per heavy atom. The number of rotatable bonds is 2. The predicted octanol–water partition coefficient (Wildman–Crippen LogP) is 5.06. The summed E-state index contributed by atoms with van der Waals surface area (Å²) >= 11 is 0. The Hall–Kier alpha value is -1.04. The molecule has 0 radical (unpaired) electrons. The van der Waals surface area contributed by atoms with E-state index in [9.17, 15) is 0 Å². The Balaban J connectivity index is 1.89. The van der Waals surface area contributed by atoms with E-state index in [2.05, 4.69) is 42.5 Å². The minimum atomic E-state index is 0.820. The standard InChI is InChI=1S/C16H22/c1-2-5-9-15(10-6-3-1)13-14-16-11-7-4-8-12-16/h4,7-8,11-15H,1-3,5-6,9-10H2/b14-13+. The fourth-order valence-electron chi connectivity index (χ4n) is 2.49. The van der Waals surface area contributed by atoms with Crippen molar-refractivity contribution in [2.75, 3.05) is 0 Å². The third kappa shape index (κ3) is 3.84. The van der Waals surface area contributed by atoms with Crippen molar-refractivity contribution in [3.8, 4) is 0 Å². The van der Waals surface area contributed by atoms with Crippen molar-refractivity contribution in [1.82, 2.24) is 0 Å². The van der Waals surface area contributed by atoms with E-state index in [4.69, 9.17) is 0 Å². The van der Waals surface area contributed by atoms with Gasteiger partial charge in [0.1, 0.15) is 0 Å². The highest BCUT2D eigenvalue weighted by molar-refractivity contribution is 5.48. The van der Waals surface area contributed by atoms with Crippen LogP contribution in [0.2, 0.25) is 0 Å². The fraction of sp³-hybridized carbons (Fsp3) is 0.500. The molecule has 0 heterocycles. The van der Waals surface area contributed by atoms with Crippen LogP contribution < -0.4 is 0 Å². The molecule has 0 amide bonds. The van der Waals surface area contributed by atoms with E-state index in [1.165, 1.54) is 50.5 Å². The molecule has 1 aliphatic carbocycles. The van der Waals surface area contributed by atoms with Gasteiger partial charge in [0.05, 0.1) is 0 Å². The number of hydrogen-bond acceptors (Lipinski definition) is 0. The molecular weight excluding hydrogens is 192 g/mol. The minimum Gasteiger partial charge on any atom is -0.0808 e. The molecule has 1 aromatic rings. The van der Waals surface area contributed by atoms with Crippen LogP contribution in [0.4, 0.5) is 0 Å². The summed E-state index contributed by atoms with van der Waals surface area (Å²) < 4.78 is 0. The smallest absolute Gasteiger partial charge is 0.0230 e. The van der Waals surface area contributed by atoms with Crippen LogP contribution in [-0.4, -0.2) is 0 Å². The van der Waals surface area contributed by atoms with Gasteiger partial charge in [0.25, 0.3) is 0 Å². The van der Waals surface area contributed by atoms with Crippen molar-refractivity contribution in [3.63, 3.8) is 0 Å². The number of hydrogen-bond donors (Lipinski definition) is 0. The molecule has 0 nitrogen and oxygen atoms in total. The first-order valence-electron chi connectivity index (χ1n) is 6.68. The molecule has 16 heavy (non-hydrogen) atoms. The Morgan fingerprint density at radius 3 is 2.12 bits per heavy atom. The van der Waals surface area contributed by atoms with Crippen LogP contribution >= 0.6 is 0 Å². The van der Waals surface area contributed by atoms with Gasteiger partial charge >= 0.3 is 0 Å². The van der Waals surface area contributed by atoms with Crippen LogP contribution in [0.5, 0.6) is 0 Å². The average molecular weight is 214 g/mol. The lowest BCUT2D eigenvalue weighted by Gasteiger charge is -2.15. The second-order valence-electron chi connectivity index (χ2n) is 4.87. The van der Waals surface area contributed by atoms with Crippen LogP contribution in [-0.2, 0) is 0 Å². The quantitative estimate of drug-likeness (QED) is 0.645. The van der Waals surface area contributed by atoms with Crippen LogP contribution in [0.1, 0.15) is 50.5 Å². The predicted molar refractivity (Wildman–Crippen MR) is 71.3 cm³/mol. The van der Waals surface area contributed by atoms with Crippen LogP contribution in [0.15, 0.2) is 36.4 Å². The van der Waals surface area contributed by atoms with Crippen molar-refractivity contribution in [2.24, 2.45) is 5.92 Å². The molecule has 0 unspecified atom stereocenters. The lowest BCUT2D eigenvalue weighted by Crippen LogP contribution is -2.00. The molecular formula is C16H22. The molecule has 0 atom stereocenters. The van der Waals surface area contributed by atoms with E-state index in [0.717, 1.165) is 5.92 Å². The summed E-state index contributed by atoms with van der Waals surface area (Å²) in [6, 6.07) is 10.7. The summed E-state index contributed by atoms with van der Waals surface area (Å²) in [5.74, 6) is 0.820. The molecule has 0 bridgehead atoms. The molecule has 0 N–H and O–H groups in total. The van der Waals surface area contributed by atoms with Gasteiger partial charge in [-0.1, -0.05) is 74.6 Å². The molecule has 1 saturated carbocycles. The van der Waals surface area contributed by atoms with Gasteiger partial charge in [-0.2, -0.15) is 0 Å². The molecule has 1 aromatic carbocycles. The lowest BCUT2D eigenvalue weighted by molar-refractivity contribution is 0.436. The first-order chi connectivity index (χ1) is 7.95. The van der Waals surface area contributed by atoms with Crippen molar-refractivity contribution in [1.29, 1.82) is 0 Å². The Morgan fingerprint density at radius 1 is 0.812 bits per heavy atom. The summed E-state index contributed by atoms with van der Waals surface area (Å²) in [4.78, 5) is 0. The first-order valence-corrected chi connectivity index (χ1v) is 6.68. The fourth-order valence-corrected chi connectivity index (χ4v) is 2.49. The molecule has 0 heteroatoms. The zero-order chi connectivity index (χ0) is 11.1. The van der Waals surface area contributed by atoms with Crippen molar-refractivity contribution < 1.29 is 0 Å². The molecule has 0 saturated heterocycles. The molecule has 1 fully saturated rings. The van der Waals surface area contributed by atoms with Crippen molar-refractivity contribution in [2.45, 2.75) is 44.9 Å². The zero-order valence-corrected chi connectivity index (χ0v) is 10.1. The van der Waals surface area contributed by atoms with Crippen molar-refractivity contribution >= 4 is 6.08 Å². The van der Waals surface area contributed by atoms with Gasteiger partial charge in [-0.25, -0.2) is 0 Å². The second kappa shape index (κ2) is 6.52. The Labute approximate surface area is 99.4 Å². The van der Waals surface area contributed by atoms with Gasteiger partial charge in [-0.15, -0.1) is 0 Å². The van der Waals surface area contributed by atoms with Gasteiger partial charge in [-0.3, -0.25) is 0 Å². The SMILES string of the molecule is C(=C\C1CCCCCCC1)/c1ccccc1. The topological polar surface area (TPSA) is 0 Å². The summed E-state index contributed by atoms with van der Waals surface area (Å²) in [6.07, 6.45) is 14.7. The van der Waals surface area contributed by atoms with Gasteiger partial charge in [0, 0.05) is 0 Å². The highest BCUT2D eigenvalue weighted by atomic mass is 14.1. The van der Waals surface area contributed by atoms with Gasteiger partial charge < -0.3 is 0 Å². The minimum absolute atomic E-state index is 0.820. The van der Waals surface area contributed by atoms with Gasteiger partial charge in [-0.05, 0) is 24.3 Å². The third-order valence-electron chi connectivity index (χ3n) is 3.51. The van der Waals surface area contributed by atoms with Crippen LogP contribution in [0.3, 0.4) is 0 Å². The van der Waals surface area contributed by atoms with Crippen LogP contribution in [0.25, 0.3) is 6.08 Å². The van der Waals surface area contributed by atoms with E-state index >= 15 is 0 Å². The molecule has 0 aromatic heterocycles. The van der Waals surface area contributed by atoms with E-state index in [1.54, 1.807) is 0 Å². The lowest BCUT2D eigenvalue weighted by atomic mass is 9.90. The molecule has 0 spiro atoms. The average Bonchev–Trinajstić information content (AvgIpc) is 2.29. The van der Waals surface area contributed by atoms with E-state index in [-0.39, 0.29) is 0 Å². The van der Waals surface area contributed by atoms with E-state index in [1.807, 2.05) is 0 Å². The molecule has 2 rings (SSSR count). The summed E-state index contributed by atoms with van der Waals surface area (Å²) in [7, 11) is 0. The maximum atomic E-state index is 2.43. The number of allylic oxidation sites excluding steroid dienone is 1. The maximum Gasteiger partial charge on any atom is -0.0230 e. The Bertz CT molecular complexity index is 302. The second-order valence-corrected chi connectivity index (χ2v) is 4.87. The third-order valence-corrected chi connectivity index (χ3v) is 3.51. The largest absolute Gasteiger partial charge is 0.0808 e. The highest BCUT2D eigenvalue weighted by Crippen LogP contribution is 2.23. The summed E-state index contributed by atoms with van der Waals surface area (Å²) in [6.45, 7) is 0. The number of benzene rings is 1. The van der Waals surface area contributed by atoms with E-state index in [0.29, 0.717) is 0 Å². The normalized spacial score (nSPS) is 19.5.